The number of aromatic nitrogens is 6. The van der Waals surface area contributed by atoms with Gasteiger partial charge in [-0.25, -0.2) is 4.68 Å². The Kier molecular flexibility index (Phi) is 5.91. The first kappa shape index (κ1) is 21.5. The lowest BCUT2D eigenvalue weighted by molar-refractivity contribution is 0.101. The largest absolute Gasteiger partial charge is 0.321 e. The highest BCUT2D eigenvalue weighted by Crippen LogP contribution is 2.20. The molecular weight excluding hydrogens is 476 g/mol. The molecular formula is C21H21BrN8O2. The minimum atomic E-state index is -0.330. The van der Waals surface area contributed by atoms with Crippen molar-refractivity contribution in [2.75, 3.05) is 10.6 Å². The summed E-state index contributed by atoms with van der Waals surface area (Å²) < 4.78 is 5.98. The van der Waals surface area contributed by atoms with E-state index in [1.54, 1.807) is 65.2 Å². The molecule has 0 spiro atoms. The van der Waals surface area contributed by atoms with Crippen molar-refractivity contribution < 1.29 is 9.59 Å². The minimum Gasteiger partial charge on any atom is -0.321 e. The van der Waals surface area contributed by atoms with Gasteiger partial charge in [-0.1, -0.05) is 0 Å². The molecule has 0 saturated heterocycles. The lowest BCUT2D eigenvalue weighted by Gasteiger charge is -2.07. The Morgan fingerprint density at radius 2 is 1.44 bits per heavy atom. The van der Waals surface area contributed by atoms with Crippen molar-refractivity contribution in [3.63, 3.8) is 0 Å². The Hall–Kier alpha value is -3.73. The van der Waals surface area contributed by atoms with Gasteiger partial charge in [-0.15, -0.1) is 0 Å². The normalized spacial score (nSPS) is 10.9. The fraction of sp³-hybridized carbons (Fsp3) is 0.190. The number of hydrogen-bond donors (Lipinski definition) is 2. The van der Waals surface area contributed by atoms with Crippen LogP contribution in [0.4, 0.5) is 11.4 Å². The maximum atomic E-state index is 12.6. The molecule has 2 N–H and O–H groups in total. The molecule has 0 radical (unpaired) electrons. The monoisotopic (exact) mass is 496 g/mol. The molecule has 10 nitrogen and oxygen atoms in total. The van der Waals surface area contributed by atoms with Gasteiger partial charge in [0, 0.05) is 30.8 Å². The van der Waals surface area contributed by atoms with Crippen LogP contribution < -0.4 is 10.6 Å². The molecule has 11 heteroatoms. The van der Waals surface area contributed by atoms with Crippen LogP contribution in [0.25, 0.3) is 0 Å². The first-order valence-corrected chi connectivity index (χ1v) is 10.5. The molecule has 164 valence electrons. The van der Waals surface area contributed by atoms with E-state index in [2.05, 4.69) is 41.9 Å². The maximum Gasteiger partial charge on any atom is 0.276 e. The van der Waals surface area contributed by atoms with Gasteiger partial charge in [0.05, 0.1) is 15.9 Å². The third kappa shape index (κ3) is 4.62. The number of nitrogens with zero attached hydrogens (tertiary/aromatic N) is 6. The molecule has 0 bridgehead atoms. The quantitative estimate of drug-likeness (QED) is 0.425. The van der Waals surface area contributed by atoms with Gasteiger partial charge < -0.3 is 10.6 Å². The molecule has 2 amide bonds. The minimum absolute atomic E-state index is 0.290. The van der Waals surface area contributed by atoms with Crippen LogP contribution in [0.15, 0.2) is 53.3 Å². The lowest BCUT2D eigenvalue weighted by atomic mass is 10.2. The highest BCUT2D eigenvalue weighted by Gasteiger charge is 2.13. The molecule has 0 unspecified atom stereocenters. The van der Waals surface area contributed by atoms with Gasteiger partial charge in [-0.05, 0) is 66.2 Å². The number of aryl methyl sites for hydroxylation is 2. The van der Waals surface area contributed by atoms with E-state index in [4.69, 9.17) is 0 Å². The average Bonchev–Trinajstić information content (AvgIpc) is 3.47. The zero-order chi connectivity index (χ0) is 22.8. The van der Waals surface area contributed by atoms with Crippen LogP contribution in [0.5, 0.6) is 0 Å². The summed E-state index contributed by atoms with van der Waals surface area (Å²) in [5.74, 6) is -0.633. The summed E-state index contributed by atoms with van der Waals surface area (Å²) in [6.45, 7) is 4.28. The number of hydrogen-bond acceptors (Lipinski definition) is 5. The smallest absolute Gasteiger partial charge is 0.276 e. The number of nitrogens with one attached hydrogen (secondary N) is 2. The summed E-state index contributed by atoms with van der Waals surface area (Å²) in [6, 6.07) is 10.1. The highest BCUT2D eigenvalue weighted by molar-refractivity contribution is 9.10. The molecule has 0 saturated carbocycles. The van der Waals surface area contributed by atoms with Crippen molar-refractivity contribution in [2.45, 2.75) is 20.5 Å². The molecule has 0 atom stereocenters. The first-order valence-electron chi connectivity index (χ1n) is 9.75. The maximum absolute atomic E-state index is 12.6. The average molecular weight is 497 g/mol. The summed E-state index contributed by atoms with van der Waals surface area (Å²) in [4.78, 5) is 24.7. The third-order valence-electron chi connectivity index (χ3n) is 4.79. The van der Waals surface area contributed by atoms with Gasteiger partial charge in [-0.2, -0.15) is 15.3 Å². The second kappa shape index (κ2) is 8.79. The number of amides is 2. The van der Waals surface area contributed by atoms with E-state index in [9.17, 15) is 9.59 Å². The number of carbonyl (C=O) groups is 2. The lowest BCUT2D eigenvalue weighted by Crippen LogP contribution is -2.16. The van der Waals surface area contributed by atoms with Crippen molar-refractivity contribution in [3.05, 3.63) is 76.0 Å². The van der Waals surface area contributed by atoms with Crippen LogP contribution in [0.2, 0.25) is 0 Å². The fourth-order valence-corrected chi connectivity index (χ4v) is 3.36. The second-order valence-corrected chi connectivity index (χ2v) is 8.02. The molecule has 32 heavy (non-hydrogen) atoms. The van der Waals surface area contributed by atoms with E-state index in [-0.39, 0.29) is 17.5 Å². The SMILES string of the molecule is Cc1nn(Cn2ccc(C(=O)Nc3ccc(NC(=O)c4ccn(C)n4)cc3)n2)c(C)c1Br. The summed E-state index contributed by atoms with van der Waals surface area (Å²) in [7, 11) is 1.75. The molecule has 0 fully saturated rings. The first-order chi connectivity index (χ1) is 15.3. The van der Waals surface area contributed by atoms with E-state index < -0.39 is 0 Å². The van der Waals surface area contributed by atoms with Crippen molar-refractivity contribution in [1.29, 1.82) is 0 Å². The molecule has 4 rings (SSSR count). The van der Waals surface area contributed by atoms with Crippen LogP contribution >= 0.6 is 15.9 Å². The van der Waals surface area contributed by atoms with Gasteiger partial charge in [0.15, 0.2) is 11.4 Å². The number of halogens is 1. The van der Waals surface area contributed by atoms with Crippen molar-refractivity contribution >= 4 is 39.1 Å². The zero-order valence-electron chi connectivity index (χ0n) is 17.7. The van der Waals surface area contributed by atoms with E-state index >= 15 is 0 Å². The van der Waals surface area contributed by atoms with E-state index in [0.29, 0.717) is 23.7 Å². The van der Waals surface area contributed by atoms with Gasteiger partial charge in [-0.3, -0.25) is 19.0 Å². The van der Waals surface area contributed by atoms with E-state index in [1.165, 1.54) is 0 Å². The third-order valence-corrected chi connectivity index (χ3v) is 5.94. The van der Waals surface area contributed by atoms with Crippen LogP contribution in [-0.4, -0.2) is 41.2 Å². The Balaban J connectivity index is 1.36. The summed E-state index contributed by atoms with van der Waals surface area (Å²) in [5.41, 5.74) is 3.68. The Morgan fingerprint density at radius 1 is 0.875 bits per heavy atom. The van der Waals surface area contributed by atoms with E-state index in [0.717, 1.165) is 15.9 Å². The molecule has 0 aliphatic carbocycles. The summed E-state index contributed by atoms with van der Waals surface area (Å²) >= 11 is 3.51. The summed E-state index contributed by atoms with van der Waals surface area (Å²) in [6.07, 6.45) is 3.43. The molecule has 0 aliphatic heterocycles. The number of rotatable bonds is 6. The predicted octanol–water partition coefficient (Wildman–Crippen LogP) is 3.20. The van der Waals surface area contributed by atoms with Crippen LogP contribution in [0.3, 0.4) is 0 Å². The molecule has 4 aromatic rings. The predicted molar refractivity (Wildman–Crippen MR) is 123 cm³/mol. The van der Waals surface area contributed by atoms with Gasteiger partial charge >= 0.3 is 0 Å². The van der Waals surface area contributed by atoms with Crippen molar-refractivity contribution in [3.8, 4) is 0 Å². The van der Waals surface area contributed by atoms with Crippen molar-refractivity contribution in [2.24, 2.45) is 7.05 Å². The van der Waals surface area contributed by atoms with Gasteiger partial charge in [0.2, 0.25) is 0 Å². The standard InChI is InChI=1S/C21H21BrN8O2/c1-13-19(22)14(2)30(25-13)12-29-11-9-18(27-29)21(32)24-16-6-4-15(5-7-16)23-20(31)17-8-10-28(3)26-17/h4-11H,12H2,1-3H3,(H,23,31)(H,24,32). The number of anilines is 2. The summed E-state index contributed by atoms with van der Waals surface area (Å²) in [5, 5.41) is 18.4. The van der Waals surface area contributed by atoms with Crippen molar-refractivity contribution in [1.82, 2.24) is 29.3 Å². The molecule has 3 aromatic heterocycles. The number of benzene rings is 1. The van der Waals surface area contributed by atoms with Gasteiger partial charge in [0.25, 0.3) is 11.8 Å². The van der Waals surface area contributed by atoms with Crippen LogP contribution in [0.1, 0.15) is 32.4 Å². The topological polar surface area (TPSA) is 112 Å². The highest BCUT2D eigenvalue weighted by atomic mass is 79.9. The Labute approximate surface area is 192 Å². The Bertz CT molecular complexity index is 1290. The molecule has 0 aliphatic rings. The molecule has 1 aromatic carbocycles. The van der Waals surface area contributed by atoms with Gasteiger partial charge in [0.1, 0.15) is 6.67 Å². The Morgan fingerprint density at radius 3 is 1.94 bits per heavy atom. The second-order valence-electron chi connectivity index (χ2n) is 7.23. The zero-order valence-corrected chi connectivity index (χ0v) is 19.3. The van der Waals surface area contributed by atoms with Crippen LogP contribution in [0, 0.1) is 13.8 Å². The number of carbonyl (C=O) groups excluding carboxylic acids is 2. The van der Waals surface area contributed by atoms with E-state index in [1.807, 2.05) is 18.5 Å². The fourth-order valence-electron chi connectivity index (χ4n) is 3.07. The van der Waals surface area contributed by atoms with Crippen LogP contribution in [-0.2, 0) is 13.7 Å². The molecule has 3 heterocycles.